The Balaban J connectivity index is 1.80. The summed E-state index contributed by atoms with van der Waals surface area (Å²) < 4.78 is 18.6. The van der Waals surface area contributed by atoms with E-state index in [4.69, 9.17) is 4.74 Å². The molecule has 2 rings (SSSR count). The van der Waals surface area contributed by atoms with Crippen LogP contribution in [0.4, 0.5) is 9.18 Å². The lowest BCUT2D eigenvalue weighted by atomic mass is 10.1. The predicted molar refractivity (Wildman–Crippen MR) is 83.1 cm³/mol. The summed E-state index contributed by atoms with van der Waals surface area (Å²) in [5.41, 5.74) is 1.03. The van der Waals surface area contributed by atoms with Gasteiger partial charge in [0.05, 0.1) is 11.0 Å². The van der Waals surface area contributed by atoms with Gasteiger partial charge in [-0.25, -0.2) is 9.18 Å². The molecule has 0 heterocycles. The highest BCUT2D eigenvalue weighted by atomic mass is 79.9. The van der Waals surface area contributed by atoms with Crippen molar-refractivity contribution in [1.82, 2.24) is 5.32 Å². The van der Waals surface area contributed by atoms with E-state index in [0.29, 0.717) is 0 Å². The Hall–Kier alpha value is -2.21. The van der Waals surface area contributed by atoms with Crippen LogP contribution in [0.3, 0.4) is 0 Å². The first-order valence-electron chi connectivity index (χ1n) is 6.49. The second kappa shape index (κ2) is 7.70. The molecule has 114 valence electrons. The molecule has 0 unspecified atom stereocenters. The van der Waals surface area contributed by atoms with Crippen molar-refractivity contribution in [2.45, 2.75) is 6.61 Å². The largest absolute Gasteiger partial charge is 0.445 e. The first-order valence-corrected chi connectivity index (χ1v) is 7.28. The van der Waals surface area contributed by atoms with E-state index in [2.05, 4.69) is 21.2 Å². The van der Waals surface area contributed by atoms with Crippen LogP contribution in [0.1, 0.15) is 15.9 Å². The Kier molecular flexibility index (Phi) is 5.66. The lowest BCUT2D eigenvalue weighted by molar-refractivity contribution is 0.0973. The standard InChI is InChI=1S/C16H13BrFNO3/c17-13-7-6-12(8-14(13)18)15(20)9-19-16(21)22-10-11-4-2-1-3-5-11/h1-8H,9-10H2,(H,19,21). The van der Waals surface area contributed by atoms with Crippen molar-refractivity contribution in [2.24, 2.45) is 0 Å². The molecular weight excluding hydrogens is 353 g/mol. The number of ketones is 1. The molecule has 2 aromatic rings. The van der Waals surface area contributed by atoms with E-state index < -0.39 is 17.7 Å². The Bertz CT molecular complexity index is 676. The van der Waals surface area contributed by atoms with Gasteiger partial charge >= 0.3 is 6.09 Å². The third kappa shape index (κ3) is 4.66. The van der Waals surface area contributed by atoms with Crippen molar-refractivity contribution in [2.75, 3.05) is 6.54 Å². The van der Waals surface area contributed by atoms with Crippen LogP contribution >= 0.6 is 15.9 Å². The van der Waals surface area contributed by atoms with Gasteiger partial charge in [0, 0.05) is 5.56 Å². The summed E-state index contributed by atoms with van der Waals surface area (Å²) in [5.74, 6) is -0.930. The van der Waals surface area contributed by atoms with Gasteiger partial charge in [0.15, 0.2) is 5.78 Å². The second-order valence-electron chi connectivity index (χ2n) is 4.47. The molecule has 0 saturated heterocycles. The highest BCUT2D eigenvalue weighted by Crippen LogP contribution is 2.16. The molecule has 22 heavy (non-hydrogen) atoms. The molecule has 0 fully saturated rings. The maximum atomic E-state index is 13.3. The summed E-state index contributed by atoms with van der Waals surface area (Å²) in [6, 6.07) is 13.2. The van der Waals surface area contributed by atoms with Crippen LogP contribution in [0.25, 0.3) is 0 Å². The first kappa shape index (κ1) is 16.2. The number of hydrogen-bond donors (Lipinski definition) is 1. The summed E-state index contributed by atoms with van der Waals surface area (Å²) in [6.07, 6.45) is -0.699. The SMILES string of the molecule is O=C(NCC(=O)c1ccc(Br)c(F)c1)OCc1ccccc1. The summed E-state index contributed by atoms with van der Waals surface area (Å²) in [6.45, 7) is -0.136. The highest BCUT2D eigenvalue weighted by molar-refractivity contribution is 9.10. The average molecular weight is 366 g/mol. The van der Waals surface area contributed by atoms with Gasteiger partial charge in [0.25, 0.3) is 0 Å². The molecule has 0 spiro atoms. The summed E-state index contributed by atoms with van der Waals surface area (Å²) >= 11 is 3.01. The topological polar surface area (TPSA) is 55.4 Å². The third-order valence-electron chi connectivity index (χ3n) is 2.85. The van der Waals surface area contributed by atoms with Crippen LogP contribution < -0.4 is 5.32 Å². The summed E-state index contributed by atoms with van der Waals surface area (Å²) in [5, 5.41) is 2.34. The fraction of sp³-hybridized carbons (Fsp3) is 0.125. The highest BCUT2D eigenvalue weighted by Gasteiger charge is 2.11. The van der Waals surface area contributed by atoms with E-state index in [1.807, 2.05) is 30.3 Å². The molecule has 0 aromatic heterocycles. The van der Waals surface area contributed by atoms with E-state index in [1.165, 1.54) is 12.1 Å². The van der Waals surface area contributed by atoms with Gasteiger partial charge in [-0.15, -0.1) is 0 Å². The third-order valence-corrected chi connectivity index (χ3v) is 3.49. The van der Waals surface area contributed by atoms with Gasteiger partial charge in [0.2, 0.25) is 0 Å². The van der Waals surface area contributed by atoms with Crippen molar-refractivity contribution >= 4 is 27.8 Å². The zero-order chi connectivity index (χ0) is 15.9. The number of halogens is 2. The van der Waals surface area contributed by atoms with Crippen LogP contribution in [-0.2, 0) is 11.3 Å². The average Bonchev–Trinajstić information content (AvgIpc) is 2.54. The van der Waals surface area contributed by atoms with E-state index in [-0.39, 0.29) is 23.2 Å². The molecule has 4 nitrogen and oxygen atoms in total. The lowest BCUT2D eigenvalue weighted by Crippen LogP contribution is -2.30. The van der Waals surface area contributed by atoms with Crippen molar-refractivity contribution in [3.8, 4) is 0 Å². The summed E-state index contributed by atoms with van der Waals surface area (Å²) in [4.78, 5) is 23.3. The number of carbonyl (C=O) groups is 2. The molecule has 6 heteroatoms. The predicted octanol–water partition coefficient (Wildman–Crippen LogP) is 3.70. The normalized spacial score (nSPS) is 10.1. The number of alkyl carbamates (subject to hydrolysis) is 1. The minimum absolute atomic E-state index is 0.119. The number of rotatable bonds is 5. The van der Waals surface area contributed by atoms with Crippen LogP contribution in [0, 0.1) is 5.82 Å². The van der Waals surface area contributed by atoms with Crippen LogP contribution in [0.2, 0.25) is 0 Å². The number of ether oxygens (including phenoxy) is 1. The van der Waals surface area contributed by atoms with Gasteiger partial charge in [-0.05, 0) is 33.6 Å². The molecule has 1 amide bonds. The number of hydrogen-bond acceptors (Lipinski definition) is 3. The number of Topliss-reactive ketones (excluding diaryl/α,β-unsaturated/α-hetero) is 1. The Morgan fingerprint density at radius 1 is 1.14 bits per heavy atom. The molecular formula is C16H13BrFNO3. The van der Waals surface area contributed by atoms with Gasteiger partial charge in [-0.2, -0.15) is 0 Å². The van der Waals surface area contributed by atoms with E-state index in [1.54, 1.807) is 0 Å². The van der Waals surface area contributed by atoms with Gasteiger partial charge in [0.1, 0.15) is 12.4 Å². The molecule has 0 aliphatic carbocycles. The molecule has 0 radical (unpaired) electrons. The molecule has 0 aliphatic rings. The molecule has 0 atom stereocenters. The molecule has 1 N–H and O–H groups in total. The van der Waals surface area contributed by atoms with Gasteiger partial charge < -0.3 is 10.1 Å². The number of benzene rings is 2. The zero-order valence-corrected chi connectivity index (χ0v) is 13.1. The zero-order valence-electron chi connectivity index (χ0n) is 11.5. The van der Waals surface area contributed by atoms with E-state index in [0.717, 1.165) is 11.6 Å². The molecule has 0 aliphatic heterocycles. The molecule has 0 bridgehead atoms. The fourth-order valence-corrected chi connectivity index (χ4v) is 1.94. The quantitative estimate of drug-likeness (QED) is 0.822. The van der Waals surface area contributed by atoms with Crippen molar-refractivity contribution < 1.29 is 18.7 Å². The second-order valence-corrected chi connectivity index (χ2v) is 5.32. The summed E-state index contributed by atoms with van der Waals surface area (Å²) in [7, 11) is 0. The Labute approximate surface area is 135 Å². The Morgan fingerprint density at radius 2 is 1.86 bits per heavy atom. The van der Waals surface area contributed by atoms with E-state index in [9.17, 15) is 14.0 Å². The van der Waals surface area contributed by atoms with Crippen LogP contribution in [0.15, 0.2) is 53.0 Å². The monoisotopic (exact) mass is 365 g/mol. The smallest absolute Gasteiger partial charge is 0.407 e. The van der Waals surface area contributed by atoms with E-state index >= 15 is 0 Å². The maximum absolute atomic E-state index is 13.3. The van der Waals surface area contributed by atoms with Crippen molar-refractivity contribution in [3.63, 3.8) is 0 Å². The van der Waals surface area contributed by atoms with Crippen molar-refractivity contribution in [3.05, 3.63) is 69.9 Å². The molecule has 0 saturated carbocycles. The van der Waals surface area contributed by atoms with Gasteiger partial charge in [-0.1, -0.05) is 36.4 Å². The fourth-order valence-electron chi connectivity index (χ4n) is 1.70. The van der Waals surface area contributed by atoms with Crippen LogP contribution in [0.5, 0.6) is 0 Å². The van der Waals surface area contributed by atoms with Crippen molar-refractivity contribution in [1.29, 1.82) is 0 Å². The Morgan fingerprint density at radius 3 is 2.55 bits per heavy atom. The minimum Gasteiger partial charge on any atom is -0.445 e. The lowest BCUT2D eigenvalue weighted by Gasteiger charge is -2.07. The number of nitrogens with one attached hydrogen (secondary N) is 1. The number of carbonyl (C=O) groups excluding carboxylic acids is 2. The molecule has 2 aromatic carbocycles. The van der Waals surface area contributed by atoms with Gasteiger partial charge in [-0.3, -0.25) is 4.79 Å². The van der Waals surface area contributed by atoms with Crippen LogP contribution in [-0.4, -0.2) is 18.4 Å². The minimum atomic E-state index is -0.699. The number of amides is 1. The maximum Gasteiger partial charge on any atom is 0.407 e. The first-order chi connectivity index (χ1) is 10.6.